The maximum atomic E-state index is 13.4. The first kappa shape index (κ1) is 23.2. The van der Waals surface area contributed by atoms with Crippen LogP contribution in [0.3, 0.4) is 0 Å². The van der Waals surface area contributed by atoms with E-state index in [9.17, 15) is 9.18 Å². The number of amides is 1. The van der Waals surface area contributed by atoms with Crippen LogP contribution in [-0.2, 0) is 11.3 Å². The number of halogens is 2. The van der Waals surface area contributed by atoms with E-state index in [0.717, 1.165) is 27.7 Å². The Morgan fingerprint density at radius 2 is 2.14 bits per heavy atom. The molecule has 1 amide bonds. The molecule has 4 aromatic rings. The minimum atomic E-state index is -0.317. The van der Waals surface area contributed by atoms with Gasteiger partial charge in [-0.2, -0.15) is 10.2 Å². The number of carbonyl (C=O) groups excluding carboxylic acids is 1. The number of hydrogen-bond donors (Lipinski definition) is 2. The van der Waals surface area contributed by atoms with Gasteiger partial charge in [0, 0.05) is 22.5 Å². The van der Waals surface area contributed by atoms with E-state index in [1.807, 2.05) is 19.1 Å². The molecule has 0 saturated heterocycles. The molecule has 178 valence electrons. The van der Waals surface area contributed by atoms with Crippen molar-refractivity contribution in [3.8, 4) is 5.69 Å². The number of benzene rings is 2. The predicted molar refractivity (Wildman–Crippen MR) is 139 cm³/mol. The molecule has 7 nitrogen and oxygen atoms in total. The number of aromatic nitrogens is 4. The highest BCUT2D eigenvalue weighted by molar-refractivity contribution is 8.00. The van der Waals surface area contributed by atoms with E-state index < -0.39 is 0 Å². The van der Waals surface area contributed by atoms with Crippen LogP contribution in [0.4, 0.5) is 10.2 Å². The van der Waals surface area contributed by atoms with E-state index in [1.165, 1.54) is 23.9 Å². The molecule has 0 bridgehead atoms. The molecule has 3 N–H and O–H groups in total. The van der Waals surface area contributed by atoms with Crippen LogP contribution in [0.25, 0.3) is 22.3 Å². The van der Waals surface area contributed by atoms with Crippen LogP contribution >= 0.6 is 23.4 Å². The molecule has 0 radical (unpaired) electrons. The Morgan fingerprint density at radius 1 is 1.37 bits per heavy atom. The summed E-state index contributed by atoms with van der Waals surface area (Å²) in [5.41, 5.74) is 10.5. The Bertz CT molecular complexity index is 1490. The standard InChI is InChI=1S/C25H22ClFN6OS/c1-3-5-19(28)23-22-24(35-13-21(34)30-25(22)32(4-2)31-23)17-10-14-12-29-33(20(14)11-18(17)26)16-8-6-15(27)7-9-16/h3,5-12,24H,1,4,13,28H2,2H3,(H,30,34)/b19-5-. The highest BCUT2D eigenvalue weighted by Crippen LogP contribution is 2.47. The molecule has 2 aromatic heterocycles. The number of nitrogens with zero attached hydrogens (tertiary/aromatic N) is 4. The molecule has 2 aromatic carbocycles. The fourth-order valence-electron chi connectivity index (χ4n) is 4.21. The number of anilines is 1. The van der Waals surface area contributed by atoms with Crippen molar-refractivity contribution in [2.24, 2.45) is 5.73 Å². The second-order valence-electron chi connectivity index (χ2n) is 7.99. The second kappa shape index (κ2) is 9.24. The third kappa shape index (κ3) is 4.11. The minimum absolute atomic E-state index is 0.118. The van der Waals surface area contributed by atoms with Crippen molar-refractivity contribution in [3.63, 3.8) is 0 Å². The van der Waals surface area contributed by atoms with Crippen molar-refractivity contribution in [2.45, 2.75) is 18.7 Å². The van der Waals surface area contributed by atoms with Crippen molar-refractivity contribution in [1.29, 1.82) is 0 Å². The number of fused-ring (bicyclic) bond motifs is 2. The highest BCUT2D eigenvalue weighted by atomic mass is 35.5. The van der Waals surface area contributed by atoms with Gasteiger partial charge in [0.2, 0.25) is 5.91 Å². The zero-order valence-electron chi connectivity index (χ0n) is 18.8. The van der Waals surface area contributed by atoms with Gasteiger partial charge in [-0.1, -0.05) is 24.3 Å². The predicted octanol–water partition coefficient (Wildman–Crippen LogP) is 5.29. The summed E-state index contributed by atoms with van der Waals surface area (Å²) in [6, 6.07) is 9.92. The maximum absolute atomic E-state index is 13.4. The summed E-state index contributed by atoms with van der Waals surface area (Å²) in [6.07, 6.45) is 5.04. The van der Waals surface area contributed by atoms with Gasteiger partial charge in [-0.05, 0) is 55.0 Å². The van der Waals surface area contributed by atoms with Crippen molar-refractivity contribution in [3.05, 3.63) is 89.0 Å². The number of nitrogens with two attached hydrogens (primary N) is 1. The maximum Gasteiger partial charge on any atom is 0.235 e. The van der Waals surface area contributed by atoms with Crippen LogP contribution in [0, 0.1) is 5.82 Å². The molecule has 1 aliphatic rings. The van der Waals surface area contributed by atoms with Gasteiger partial charge in [0.15, 0.2) is 0 Å². The van der Waals surface area contributed by atoms with Crippen LogP contribution in [0.2, 0.25) is 5.02 Å². The molecule has 1 atom stereocenters. The van der Waals surface area contributed by atoms with Gasteiger partial charge in [0.1, 0.15) is 17.3 Å². The molecule has 0 fully saturated rings. The number of allylic oxidation sites excluding steroid dienone is 2. The quantitative estimate of drug-likeness (QED) is 0.357. The molecule has 5 rings (SSSR count). The smallest absolute Gasteiger partial charge is 0.235 e. The Morgan fingerprint density at radius 3 is 2.86 bits per heavy atom. The highest BCUT2D eigenvalue weighted by Gasteiger charge is 2.33. The Kier molecular flexibility index (Phi) is 6.12. The molecule has 0 aliphatic carbocycles. The Balaban J connectivity index is 1.69. The first-order chi connectivity index (χ1) is 16.9. The summed E-state index contributed by atoms with van der Waals surface area (Å²) in [5, 5.41) is 13.2. The van der Waals surface area contributed by atoms with E-state index in [0.29, 0.717) is 28.8 Å². The molecule has 1 unspecified atom stereocenters. The topological polar surface area (TPSA) is 90.8 Å². The van der Waals surface area contributed by atoms with Crippen LogP contribution in [-0.4, -0.2) is 31.2 Å². The van der Waals surface area contributed by atoms with Crippen molar-refractivity contribution in [1.82, 2.24) is 19.6 Å². The van der Waals surface area contributed by atoms with E-state index in [-0.39, 0.29) is 22.7 Å². The van der Waals surface area contributed by atoms with Gasteiger partial charge in [-0.25, -0.2) is 13.8 Å². The number of aryl methyl sites for hydroxylation is 1. The first-order valence-corrected chi connectivity index (χ1v) is 12.4. The van der Waals surface area contributed by atoms with Crippen LogP contribution in [0.5, 0.6) is 0 Å². The van der Waals surface area contributed by atoms with E-state index in [1.54, 1.807) is 39.8 Å². The lowest BCUT2D eigenvalue weighted by Gasteiger charge is -2.18. The summed E-state index contributed by atoms with van der Waals surface area (Å²) >= 11 is 8.32. The van der Waals surface area contributed by atoms with Gasteiger partial charge in [0.25, 0.3) is 0 Å². The van der Waals surface area contributed by atoms with Gasteiger partial charge in [-0.3, -0.25) is 4.79 Å². The number of carbonyl (C=O) groups is 1. The third-order valence-electron chi connectivity index (χ3n) is 5.80. The van der Waals surface area contributed by atoms with Crippen LogP contribution < -0.4 is 11.1 Å². The molecule has 10 heteroatoms. The number of nitrogens with one attached hydrogen (secondary N) is 1. The van der Waals surface area contributed by atoms with E-state index in [2.05, 4.69) is 22.1 Å². The minimum Gasteiger partial charge on any atom is -0.397 e. The van der Waals surface area contributed by atoms with E-state index in [4.69, 9.17) is 17.3 Å². The second-order valence-corrected chi connectivity index (χ2v) is 9.49. The zero-order valence-corrected chi connectivity index (χ0v) is 20.4. The lowest BCUT2D eigenvalue weighted by atomic mass is 10.0. The lowest BCUT2D eigenvalue weighted by molar-refractivity contribution is -0.113. The summed E-state index contributed by atoms with van der Waals surface area (Å²) < 4.78 is 16.9. The normalized spacial score (nSPS) is 16.1. The summed E-state index contributed by atoms with van der Waals surface area (Å²) in [6.45, 7) is 6.24. The molecular formula is C25H22ClFN6OS. The summed E-state index contributed by atoms with van der Waals surface area (Å²) in [5.74, 6) is 0.424. The average Bonchev–Trinajstić information content (AvgIpc) is 3.36. The monoisotopic (exact) mass is 508 g/mol. The molecule has 35 heavy (non-hydrogen) atoms. The van der Waals surface area contributed by atoms with Crippen molar-refractivity contribution < 1.29 is 9.18 Å². The molecule has 3 heterocycles. The molecule has 1 aliphatic heterocycles. The van der Waals surface area contributed by atoms with Gasteiger partial charge in [-0.15, -0.1) is 11.8 Å². The van der Waals surface area contributed by atoms with Gasteiger partial charge < -0.3 is 11.1 Å². The lowest BCUT2D eigenvalue weighted by Crippen LogP contribution is -2.16. The number of thioether (sulfide) groups is 1. The zero-order chi connectivity index (χ0) is 24.7. The molecule has 0 saturated carbocycles. The average molecular weight is 509 g/mol. The fraction of sp³-hybridized carbons (Fsp3) is 0.160. The largest absolute Gasteiger partial charge is 0.397 e. The third-order valence-corrected chi connectivity index (χ3v) is 7.38. The fourth-order valence-corrected chi connectivity index (χ4v) is 5.70. The first-order valence-electron chi connectivity index (χ1n) is 10.9. The van der Waals surface area contributed by atoms with E-state index >= 15 is 0 Å². The number of rotatable bonds is 5. The van der Waals surface area contributed by atoms with Gasteiger partial charge in [0.05, 0.1) is 34.1 Å². The summed E-state index contributed by atoms with van der Waals surface area (Å²) in [7, 11) is 0. The summed E-state index contributed by atoms with van der Waals surface area (Å²) in [4.78, 5) is 12.6. The number of hydrogen-bond acceptors (Lipinski definition) is 5. The van der Waals surface area contributed by atoms with Crippen LogP contribution in [0.15, 0.2) is 61.3 Å². The Hall–Kier alpha value is -3.56. The molecular weight excluding hydrogens is 487 g/mol. The Labute approximate surface area is 210 Å². The van der Waals surface area contributed by atoms with Crippen LogP contribution in [0.1, 0.15) is 29.0 Å². The SMILES string of the molecule is C=C/C=C(\N)c1nn(CC)c2c1C(c1cc3cnn(-c4ccc(F)cc4)c3cc1Cl)SCC(=O)N2. The van der Waals surface area contributed by atoms with Crippen molar-refractivity contribution >= 4 is 51.7 Å². The van der Waals surface area contributed by atoms with Gasteiger partial charge >= 0.3 is 0 Å². The molecule has 0 spiro atoms. The van der Waals surface area contributed by atoms with Crippen molar-refractivity contribution in [2.75, 3.05) is 11.1 Å².